The average molecular weight is 371 g/mol. The van der Waals surface area contributed by atoms with Crippen LogP contribution in [0, 0.1) is 0 Å². The normalized spacial score (nSPS) is 11.9. The van der Waals surface area contributed by atoms with Gasteiger partial charge in [-0.1, -0.05) is 32.0 Å². The van der Waals surface area contributed by atoms with Gasteiger partial charge in [-0.05, 0) is 54.4 Å². The van der Waals surface area contributed by atoms with Crippen LogP contribution in [0.4, 0.5) is 5.69 Å². The van der Waals surface area contributed by atoms with Crippen molar-refractivity contribution in [2.75, 3.05) is 5.32 Å². The highest BCUT2D eigenvalue weighted by Crippen LogP contribution is 2.26. The first-order valence-corrected chi connectivity index (χ1v) is 9.16. The number of rotatable bonds is 4. The molecule has 0 unspecified atom stereocenters. The number of para-hydroxylation sites is 1. The van der Waals surface area contributed by atoms with Crippen molar-refractivity contribution in [1.82, 2.24) is 14.1 Å². The SMILES string of the molecule is CC[C@H](C)c1ccccc1NC(=S)NC(=O)c1ccc2nsnc2c1. The van der Waals surface area contributed by atoms with Crippen LogP contribution in [0.15, 0.2) is 42.5 Å². The van der Waals surface area contributed by atoms with Crippen LogP contribution in [0.25, 0.3) is 11.0 Å². The van der Waals surface area contributed by atoms with Crippen LogP contribution < -0.4 is 10.6 Å². The van der Waals surface area contributed by atoms with E-state index in [9.17, 15) is 4.79 Å². The maximum atomic E-state index is 12.4. The Bertz CT molecular complexity index is 922. The number of nitrogens with zero attached hydrogens (tertiary/aromatic N) is 2. The van der Waals surface area contributed by atoms with Crippen LogP contribution >= 0.6 is 23.9 Å². The summed E-state index contributed by atoms with van der Waals surface area (Å²) in [6, 6.07) is 13.2. The third-order valence-corrected chi connectivity index (χ3v) is 4.86. The Balaban J connectivity index is 1.71. The topological polar surface area (TPSA) is 66.9 Å². The van der Waals surface area contributed by atoms with Gasteiger partial charge in [-0.15, -0.1) is 0 Å². The molecule has 128 valence electrons. The van der Waals surface area contributed by atoms with E-state index in [0.717, 1.165) is 29.4 Å². The Labute approximate surface area is 155 Å². The van der Waals surface area contributed by atoms with Crippen molar-refractivity contribution in [1.29, 1.82) is 0 Å². The average Bonchev–Trinajstić information content (AvgIpc) is 3.09. The van der Waals surface area contributed by atoms with Crippen LogP contribution in [0.2, 0.25) is 0 Å². The number of carbonyl (C=O) groups is 1. The summed E-state index contributed by atoms with van der Waals surface area (Å²) >= 11 is 6.43. The second-order valence-electron chi connectivity index (χ2n) is 5.77. The molecule has 0 aliphatic rings. The van der Waals surface area contributed by atoms with Crippen molar-refractivity contribution in [2.45, 2.75) is 26.2 Å². The first kappa shape index (κ1) is 17.4. The molecule has 1 atom stereocenters. The van der Waals surface area contributed by atoms with E-state index in [1.54, 1.807) is 18.2 Å². The van der Waals surface area contributed by atoms with Crippen LogP contribution in [0.1, 0.15) is 42.1 Å². The molecule has 0 bridgehead atoms. The Morgan fingerprint density at radius 3 is 2.76 bits per heavy atom. The van der Waals surface area contributed by atoms with Gasteiger partial charge < -0.3 is 5.32 Å². The molecular weight excluding hydrogens is 352 g/mol. The lowest BCUT2D eigenvalue weighted by atomic mass is 9.97. The zero-order valence-electron chi connectivity index (χ0n) is 13.9. The van der Waals surface area contributed by atoms with Crippen molar-refractivity contribution in [3.63, 3.8) is 0 Å². The largest absolute Gasteiger partial charge is 0.332 e. The highest BCUT2D eigenvalue weighted by atomic mass is 32.1. The molecule has 0 fully saturated rings. The van der Waals surface area contributed by atoms with Gasteiger partial charge in [-0.3, -0.25) is 10.1 Å². The Morgan fingerprint density at radius 1 is 1.20 bits per heavy atom. The minimum atomic E-state index is -0.270. The number of benzene rings is 2. The molecule has 0 saturated carbocycles. The van der Waals surface area contributed by atoms with E-state index in [4.69, 9.17) is 12.2 Å². The maximum absolute atomic E-state index is 12.4. The van der Waals surface area contributed by atoms with Gasteiger partial charge in [0.05, 0.1) is 11.7 Å². The van der Waals surface area contributed by atoms with Crippen LogP contribution in [-0.2, 0) is 0 Å². The third-order valence-electron chi connectivity index (χ3n) is 4.10. The highest BCUT2D eigenvalue weighted by Gasteiger charge is 2.13. The molecule has 2 N–H and O–H groups in total. The number of hydrogen-bond acceptors (Lipinski definition) is 5. The predicted molar refractivity (Wildman–Crippen MR) is 106 cm³/mol. The number of hydrogen-bond donors (Lipinski definition) is 2. The fraction of sp³-hybridized carbons (Fsp3) is 0.222. The van der Waals surface area contributed by atoms with Gasteiger partial charge in [-0.2, -0.15) is 8.75 Å². The Kier molecular flexibility index (Phi) is 5.35. The fourth-order valence-corrected chi connectivity index (χ4v) is 3.23. The monoisotopic (exact) mass is 370 g/mol. The maximum Gasteiger partial charge on any atom is 0.257 e. The highest BCUT2D eigenvalue weighted by molar-refractivity contribution is 7.80. The summed E-state index contributed by atoms with van der Waals surface area (Å²) in [6.07, 6.45) is 1.03. The number of amides is 1. The molecule has 1 amide bonds. The second kappa shape index (κ2) is 7.67. The zero-order valence-corrected chi connectivity index (χ0v) is 15.6. The lowest BCUT2D eigenvalue weighted by Gasteiger charge is -2.17. The van der Waals surface area contributed by atoms with E-state index in [-0.39, 0.29) is 11.0 Å². The van der Waals surface area contributed by atoms with Gasteiger partial charge in [-0.25, -0.2) is 0 Å². The van der Waals surface area contributed by atoms with Crippen molar-refractivity contribution in [3.8, 4) is 0 Å². The number of thiocarbonyl (C=S) groups is 1. The molecule has 1 heterocycles. The molecule has 1 aromatic heterocycles. The first-order chi connectivity index (χ1) is 12.1. The molecule has 7 heteroatoms. The number of nitrogens with one attached hydrogen (secondary N) is 2. The minimum Gasteiger partial charge on any atom is -0.332 e. The Hall–Kier alpha value is -2.38. The standard InChI is InChI=1S/C18H18N4OS2/c1-3-11(2)13-6-4-5-7-14(13)19-18(24)20-17(23)12-8-9-15-16(10-12)22-25-21-15/h4-11H,3H2,1-2H3,(H2,19,20,23,24)/t11-/m0/s1. The van der Waals surface area contributed by atoms with E-state index in [1.807, 2.05) is 18.2 Å². The summed E-state index contributed by atoms with van der Waals surface area (Å²) in [4.78, 5) is 12.4. The molecule has 25 heavy (non-hydrogen) atoms. The number of fused-ring (bicyclic) bond motifs is 1. The van der Waals surface area contributed by atoms with E-state index >= 15 is 0 Å². The van der Waals surface area contributed by atoms with E-state index in [2.05, 4.69) is 39.3 Å². The number of carbonyl (C=O) groups excluding carboxylic acids is 1. The lowest BCUT2D eigenvalue weighted by molar-refractivity contribution is 0.0978. The molecule has 3 rings (SSSR count). The second-order valence-corrected chi connectivity index (χ2v) is 6.71. The minimum absolute atomic E-state index is 0.270. The molecule has 0 saturated heterocycles. The molecule has 2 aromatic carbocycles. The van der Waals surface area contributed by atoms with Crippen LogP contribution in [0.3, 0.4) is 0 Å². The van der Waals surface area contributed by atoms with Crippen molar-refractivity contribution in [3.05, 3.63) is 53.6 Å². The van der Waals surface area contributed by atoms with Gasteiger partial charge >= 0.3 is 0 Å². The molecule has 0 spiro atoms. The summed E-state index contributed by atoms with van der Waals surface area (Å²) in [7, 11) is 0. The molecular formula is C18H18N4OS2. The van der Waals surface area contributed by atoms with Crippen molar-refractivity contribution >= 4 is 51.7 Å². The van der Waals surface area contributed by atoms with E-state index in [0.29, 0.717) is 17.0 Å². The molecule has 0 radical (unpaired) electrons. The van der Waals surface area contributed by atoms with Gasteiger partial charge in [0.2, 0.25) is 0 Å². The first-order valence-electron chi connectivity index (χ1n) is 8.02. The predicted octanol–water partition coefficient (Wildman–Crippen LogP) is 4.33. The van der Waals surface area contributed by atoms with Crippen molar-refractivity contribution in [2.24, 2.45) is 0 Å². The summed E-state index contributed by atoms with van der Waals surface area (Å²) in [5.41, 5.74) is 4.08. The smallest absolute Gasteiger partial charge is 0.257 e. The van der Waals surface area contributed by atoms with E-state index in [1.165, 1.54) is 5.56 Å². The lowest BCUT2D eigenvalue weighted by Crippen LogP contribution is -2.34. The van der Waals surface area contributed by atoms with Crippen molar-refractivity contribution < 1.29 is 4.79 Å². The third kappa shape index (κ3) is 4.00. The van der Waals surface area contributed by atoms with Gasteiger partial charge in [0.15, 0.2) is 5.11 Å². The number of anilines is 1. The summed E-state index contributed by atoms with van der Waals surface area (Å²) in [5, 5.41) is 6.13. The van der Waals surface area contributed by atoms with Gasteiger partial charge in [0, 0.05) is 11.3 Å². The Morgan fingerprint density at radius 2 is 1.96 bits per heavy atom. The molecule has 5 nitrogen and oxygen atoms in total. The quantitative estimate of drug-likeness (QED) is 0.669. The van der Waals surface area contributed by atoms with Crippen LogP contribution in [0.5, 0.6) is 0 Å². The molecule has 0 aliphatic heterocycles. The summed E-state index contributed by atoms with van der Waals surface area (Å²) in [6.45, 7) is 4.31. The molecule has 0 aliphatic carbocycles. The van der Waals surface area contributed by atoms with Gasteiger partial charge in [0.1, 0.15) is 11.0 Å². The van der Waals surface area contributed by atoms with Gasteiger partial charge in [0.25, 0.3) is 5.91 Å². The summed E-state index contributed by atoms with van der Waals surface area (Å²) < 4.78 is 8.28. The molecule has 3 aromatic rings. The summed E-state index contributed by atoms with van der Waals surface area (Å²) in [5.74, 6) is 0.134. The van der Waals surface area contributed by atoms with E-state index < -0.39 is 0 Å². The fourth-order valence-electron chi connectivity index (χ4n) is 2.51. The van der Waals surface area contributed by atoms with Crippen LogP contribution in [-0.4, -0.2) is 19.8 Å². The number of aromatic nitrogens is 2. The zero-order chi connectivity index (χ0) is 17.8.